The molecule has 0 saturated carbocycles. The molecule has 0 bridgehead atoms. The number of hydrogen-bond acceptors (Lipinski definition) is 4. The number of aromatic nitrogens is 1. The highest BCUT2D eigenvalue weighted by atomic mass is 35.5. The Morgan fingerprint density at radius 1 is 1.69 bits per heavy atom. The number of nitrogens with two attached hydrogens (primary N) is 1. The SMILES string of the molecule is CCOC(=O)c1nc(C(F)F)c(Cl)cc1N. The maximum atomic E-state index is 12.4. The van der Waals surface area contributed by atoms with E-state index < -0.39 is 18.1 Å². The minimum atomic E-state index is -2.87. The molecule has 0 spiro atoms. The first-order valence-corrected chi connectivity index (χ1v) is 4.76. The molecule has 16 heavy (non-hydrogen) atoms. The molecule has 1 rings (SSSR count). The van der Waals surface area contributed by atoms with Crippen molar-refractivity contribution < 1.29 is 18.3 Å². The summed E-state index contributed by atoms with van der Waals surface area (Å²) in [6.45, 7) is 1.69. The molecule has 0 aliphatic rings. The van der Waals surface area contributed by atoms with Gasteiger partial charge < -0.3 is 10.5 Å². The molecule has 0 fully saturated rings. The highest BCUT2D eigenvalue weighted by Crippen LogP contribution is 2.28. The number of hydrogen-bond donors (Lipinski definition) is 1. The van der Waals surface area contributed by atoms with Crippen molar-refractivity contribution in [1.82, 2.24) is 4.98 Å². The van der Waals surface area contributed by atoms with Gasteiger partial charge in [-0.05, 0) is 13.0 Å². The largest absolute Gasteiger partial charge is 0.461 e. The number of carbonyl (C=O) groups is 1. The van der Waals surface area contributed by atoms with E-state index in [0.29, 0.717) is 0 Å². The first-order chi connectivity index (χ1) is 7.47. The van der Waals surface area contributed by atoms with Crippen LogP contribution < -0.4 is 5.73 Å². The third kappa shape index (κ3) is 2.57. The number of nitrogen functional groups attached to an aromatic ring is 1. The van der Waals surface area contributed by atoms with Crippen LogP contribution in [0.3, 0.4) is 0 Å². The number of rotatable bonds is 3. The molecule has 1 heterocycles. The van der Waals surface area contributed by atoms with E-state index in [9.17, 15) is 13.6 Å². The van der Waals surface area contributed by atoms with E-state index in [1.165, 1.54) is 0 Å². The maximum absolute atomic E-state index is 12.4. The van der Waals surface area contributed by atoms with Gasteiger partial charge in [0.05, 0.1) is 17.3 Å². The van der Waals surface area contributed by atoms with Gasteiger partial charge in [0.1, 0.15) is 5.69 Å². The second-order valence-electron chi connectivity index (χ2n) is 2.81. The summed E-state index contributed by atoms with van der Waals surface area (Å²) in [5.74, 6) is -0.849. The van der Waals surface area contributed by atoms with Crippen LogP contribution in [-0.4, -0.2) is 17.6 Å². The molecular formula is C9H9ClF2N2O2. The number of esters is 1. The molecule has 0 aliphatic carbocycles. The summed E-state index contributed by atoms with van der Waals surface area (Å²) in [5, 5.41) is -0.277. The molecule has 88 valence electrons. The van der Waals surface area contributed by atoms with E-state index >= 15 is 0 Å². The van der Waals surface area contributed by atoms with Gasteiger partial charge in [-0.15, -0.1) is 0 Å². The van der Waals surface area contributed by atoms with Crippen molar-refractivity contribution in [2.75, 3.05) is 12.3 Å². The van der Waals surface area contributed by atoms with Crippen LogP contribution in [0.25, 0.3) is 0 Å². The summed E-state index contributed by atoms with van der Waals surface area (Å²) in [6, 6.07) is 1.06. The Kier molecular flexibility index (Phi) is 4.00. The molecule has 0 saturated heterocycles. The summed E-state index contributed by atoms with van der Waals surface area (Å²) in [6.07, 6.45) is -2.87. The van der Waals surface area contributed by atoms with E-state index in [-0.39, 0.29) is 23.0 Å². The zero-order chi connectivity index (χ0) is 12.3. The topological polar surface area (TPSA) is 65.2 Å². The van der Waals surface area contributed by atoms with E-state index in [0.717, 1.165) is 6.07 Å². The van der Waals surface area contributed by atoms with Gasteiger partial charge in [0, 0.05) is 0 Å². The van der Waals surface area contributed by atoms with Crippen LogP contribution in [0.2, 0.25) is 5.02 Å². The van der Waals surface area contributed by atoms with Crippen LogP contribution >= 0.6 is 11.6 Å². The van der Waals surface area contributed by atoms with Crippen molar-refractivity contribution >= 4 is 23.3 Å². The van der Waals surface area contributed by atoms with Crippen LogP contribution in [0.1, 0.15) is 29.5 Å². The molecule has 1 aromatic heterocycles. The molecule has 2 N–H and O–H groups in total. The Bertz CT molecular complexity index is 413. The molecule has 4 nitrogen and oxygen atoms in total. The fourth-order valence-electron chi connectivity index (χ4n) is 1.03. The number of alkyl halides is 2. The smallest absolute Gasteiger partial charge is 0.359 e. The third-order valence-corrected chi connectivity index (χ3v) is 2.01. The van der Waals surface area contributed by atoms with E-state index in [1.54, 1.807) is 6.92 Å². The Balaban J connectivity index is 3.19. The Morgan fingerprint density at radius 3 is 2.81 bits per heavy atom. The van der Waals surface area contributed by atoms with Crippen molar-refractivity contribution in [3.63, 3.8) is 0 Å². The maximum Gasteiger partial charge on any atom is 0.359 e. The van der Waals surface area contributed by atoms with Gasteiger partial charge in [-0.1, -0.05) is 11.6 Å². The lowest BCUT2D eigenvalue weighted by Crippen LogP contribution is -2.12. The van der Waals surface area contributed by atoms with Crippen molar-refractivity contribution in [2.45, 2.75) is 13.3 Å². The molecule has 0 unspecified atom stereocenters. The van der Waals surface area contributed by atoms with Gasteiger partial charge in [0.2, 0.25) is 0 Å². The predicted octanol–water partition coefficient (Wildman–Crippen LogP) is 2.43. The number of pyridine rings is 1. The quantitative estimate of drug-likeness (QED) is 0.837. The van der Waals surface area contributed by atoms with Crippen molar-refractivity contribution in [3.8, 4) is 0 Å². The van der Waals surface area contributed by atoms with Gasteiger partial charge in [0.15, 0.2) is 5.69 Å². The van der Waals surface area contributed by atoms with Crippen molar-refractivity contribution in [1.29, 1.82) is 0 Å². The van der Waals surface area contributed by atoms with E-state index in [2.05, 4.69) is 9.72 Å². The third-order valence-electron chi connectivity index (χ3n) is 1.71. The van der Waals surface area contributed by atoms with Crippen LogP contribution in [0.15, 0.2) is 6.07 Å². The lowest BCUT2D eigenvalue weighted by molar-refractivity contribution is 0.0519. The number of anilines is 1. The molecule has 0 aliphatic heterocycles. The number of ether oxygens (including phenoxy) is 1. The van der Waals surface area contributed by atoms with Gasteiger partial charge in [-0.3, -0.25) is 0 Å². The summed E-state index contributed by atoms with van der Waals surface area (Å²) in [4.78, 5) is 14.7. The fourth-order valence-corrected chi connectivity index (χ4v) is 1.28. The van der Waals surface area contributed by atoms with Crippen LogP contribution in [0, 0.1) is 0 Å². The average molecular weight is 251 g/mol. The predicted molar refractivity (Wildman–Crippen MR) is 54.6 cm³/mol. The number of halogens is 3. The Labute approximate surface area is 95.4 Å². The van der Waals surface area contributed by atoms with Crippen molar-refractivity contribution in [2.24, 2.45) is 0 Å². The molecule has 7 heteroatoms. The first-order valence-electron chi connectivity index (χ1n) is 4.38. The van der Waals surface area contributed by atoms with Gasteiger partial charge >= 0.3 is 5.97 Å². The Morgan fingerprint density at radius 2 is 2.31 bits per heavy atom. The molecule has 0 amide bonds. The molecule has 1 aromatic rings. The molecule has 0 aromatic carbocycles. The fraction of sp³-hybridized carbons (Fsp3) is 0.333. The van der Waals surface area contributed by atoms with E-state index in [4.69, 9.17) is 17.3 Å². The zero-order valence-electron chi connectivity index (χ0n) is 8.34. The molecular weight excluding hydrogens is 242 g/mol. The normalized spacial score (nSPS) is 10.6. The summed E-state index contributed by atoms with van der Waals surface area (Å²) in [5.41, 5.74) is 4.31. The average Bonchev–Trinajstić information content (AvgIpc) is 2.17. The monoisotopic (exact) mass is 250 g/mol. The Hall–Kier alpha value is -1.43. The van der Waals surface area contributed by atoms with Crippen LogP contribution in [-0.2, 0) is 4.74 Å². The van der Waals surface area contributed by atoms with Crippen LogP contribution in [0.5, 0.6) is 0 Å². The highest BCUT2D eigenvalue weighted by Gasteiger charge is 2.21. The molecule has 0 radical (unpaired) electrons. The van der Waals surface area contributed by atoms with Gasteiger partial charge in [0.25, 0.3) is 6.43 Å². The summed E-state index contributed by atoms with van der Waals surface area (Å²) < 4.78 is 29.5. The van der Waals surface area contributed by atoms with Gasteiger partial charge in [-0.25, -0.2) is 18.6 Å². The van der Waals surface area contributed by atoms with Gasteiger partial charge in [-0.2, -0.15) is 0 Å². The number of carbonyl (C=O) groups excluding carboxylic acids is 1. The lowest BCUT2D eigenvalue weighted by atomic mass is 10.2. The minimum absolute atomic E-state index is 0.0900. The number of nitrogens with zero attached hydrogens (tertiary/aromatic N) is 1. The molecule has 0 atom stereocenters. The standard InChI is InChI=1S/C9H9ClF2N2O2/c1-2-16-9(15)7-5(13)3-4(10)6(14-7)8(11)12/h3,8H,2,13H2,1H3. The second-order valence-corrected chi connectivity index (χ2v) is 3.22. The lowest BCUT2D eigenvalue weighted by Gasteiger charge is -2.08. The zero-order valence-corrected chi connectivity index (χ0v) is 9.09. The second kappa shape index (κ2) is 5.07. The van der Waals surface area contributed by atoms with Crippen LogP contribution in [0.4, 0.5) is 14.5 Å². The first kappa shape index (κ1) is 12.6. The minimum Gasteiger partial charge on any atom is -0.461 e. The summed E-state index contributed by atoms with van der Waals surface area (Å²) in [7, 11) is 0. The van der Waals surface area contributed by atoms with Crippen molar-refractivity contribution in [3.05, 3.63) is 22.5 Å². The highest BCUT2D eigenvalue weighted by molar-refractivity contribution is 6.31. The van der Waals surface area contributed by atoms with E-state index in [1.807, 2.05) is 0 Å². The summed E-state index contributed by atoms with van der Waals surface area (Å²) >= 11 is 5.50.